The Morgan fingerprint density at radius 2 is 1.95 bits per heavy atom. The molecule has 0 atom stereocenters. The average Bonchev–Trinajstić information content (AvgIpc) is 3.04. The molecule has 2 heterocycles. The lowest BCUT2D eigenvalue weighted by Gasteiger charge is -1.99. The van der Waals surface area contributed by atoms with E-state index in [9.17, 15) is 0 Å². The molecule has 0 bridgehead atoms. The number of imidazole rings is 1. The Hall–Kier alpha value is -1.65. The summed E-state index contributed by atoms with van der Waals surface area (Å²) in [6.45, 7) is 2.17. The van der Waals surface area contributed by atoms with Crippen LogP contribution in [0.4, 0.5) is 0 Å². The summed E-state index contributed by atoms with van der Waals surface area (Å²) in [6.07, 6.45) is 3.20. The fourth-order valence-corrected chi connectivity index (χ4v) is 4.08. The first-order chi connectivity index (χ1) is 10.2. The lowest BCUT2D eigenvalue weighted by molar-refractivity contribution is 1.14. The second-order valence-corrected chi connectivity index (χ2v) is 6.97. The highest BCUT2D eigenvalue weighted by molar-refractivity contribution is 9.10. The Labute approximate surface area is 135 Å². The van der Waals surface area contributed by atoms with Crippen molar-refractivity contribution in [3.63, 3.8) is 0 Å². The molecule has 2 aromatic carbocycles. The van der Waals surface area contributed by atoms with E-state index in [-0.39, 0.29) is 0 Å². The van der Waals surface area contributed by atoms with Crippen molar-refractivity contribution in [3.8, 4) is 11.3 Å². The molecule has 0 unspecified atom stereocenters. The maximum Gasteiger partial charge on any atom is 0.195 e. The van der Waals surface area contributed by atoms with Gasteiger partial charge in [0.25, 0.3) is 0 Å². The molecular formula is C17H13BrN2S. The molecule has 2 nitrogen and oxygen atoms in total. The average molecular weight is 357 g/mol. The first-order valence-electron chi connectivity index (χ1n) is 6.91. The van der Waals surface area contributed by atoms with Crippen LogP contribution < -0.4 is 0 Å². The zero-order valence-electron chi connectivity index (χ0n) is 11.5. The summed E-state index contributed by atoms with van der Waals surface area (Å²) in [5, 5.41) is 0. The highest BCUT2D eigenvalue weighted by Crippen LogP contribution is 2.31. The Morgan fingerprint density at radius 3 is 2.71 bits per heavy atom. The lowest BCUT2D eigenvalue weighted by Crippen LogP contribution is -1.81. The van der Waals surface area contributed by atoms with E-state index in [1.54, 1.807) is 11.3 Å². The summed E-state index contributed by atoms with van der Waals surface area (Å²) in [4.78, 5) is 5.81. The van der Waals surface area contributed by atoms with Crippen LogP contribution in [0, 0.1) is 0 Å². The van der Waals surface area contributed by atoms with Crippen molar-refractivity contribution in [2.75, 3.05) is 0 Å². The lowest BCUT2D eigenvalue weighted by atomic mass is 10.1. The minimum absolute atomic E-state index is 1.04. The van der Waals surface area contributed by atoms with Crippen LogP contribution in [-0.2, 0) is 6.42 Å². The monoisotopic (exact) mass is 356 g/mol. The number of thiazole rings is 1. The Bertz CT molecular complexity index is 935. The third kappa shape index (κ3) is 2.19. The van der Waals surface area contributed by atoms with E-state index in [1.165, 1.54) is 21.3 Å². The van der Waals surface area contributed by atoms with Crippen molar-refractivity contribution in [3.05, 3.63) is 58.7 Å². The standard InChI is InChI=1S/C17H13BrN2S/c1-2-11-3-5-12(6-4-11)14-10-20-15-8-7-13(18)9-16(15)21-17(20)19-14/h3-10H,2H2,1H3. The van der Waals surface area contributed by atoms with Gasteiger partial charge in [0.2, 0.25) is 0 Å². The van der Waals surface area contributed by atoms with Crippen LogP contribution in [0.25, 0.3) is 26.4 Å². The Kier molecular flexibility index (Phi) is 3.08. The fourth-order valence-electron chi connectivity index (χ4n) is 2.53. The molecule has 4 aromatic rings. The van der Waals surface area contributed by atoms with Crippen LogP contribution in [0.5, 0.6) is 0 Å². The van der Waals surface area contributed by atoms with Gasteiger partial charge in [-0.2, -0.15) is 0 Å². The number of rotatable bonds is 2. The summed E-state index contributed by atoms with van der Waals surface area (Å²) in [7, 11) is 0. The number of nitrogens with zero attached hydrogens (tertiary/aromatic N) is 2. The SMILES string of the molecule is CCc1ccc(-c2cn3c(n2)sc2cc(Br)ccc23)cc1. The minimum Gasteiger partial charge on any atom is -0.290 e. The number of hydrogen-bond donors (Lipinski definition) is 0. The van der Waals surface area contributed by atoms with Crippen molar-refractivity contribution >= 4 is 42.4 Å². The summed E-state index contributed by atoms with van der Waals surface area (Å²) < 4.78 is 4.53. The van der Waals surface area contributed by atoms with Gasteiger partial charge in [0.15, 0.2) is 4.96 Å². The third-order valence-corrected chi connectivity index (χ3v) is 5.22. The van der Waals surface area contributed by atoms with Gasteiger partial charge in [-0.15, -0.1) is 0 Å². The van der Waals surface area contributed by atoms with Gasteiger partial charge in [-0.3, -0.25) is 4.40 Å². The second kappa shape index (κ2) is 4.97. The van der Waals surface area contributed by atoms with Crippen molar-refractivity contribution in [2.24, 2.45) is 0 Å². The smallest absolute Gasteiger partial charge is 0.195 e. The van der Waals surface area contributed by atoms with E-state index in [0.717, 1.165) is 21.5 Å². The quantitative estimate of drug-likeness (QED) is 0.460. The van der Waals surface area contributed by atoms with Crippen LogP contribution >= 0.6 is 27.3 Å². The van der Waals surface area contributed by atoms with Crippen LogP contribution in [0.2, 0.25) is 0 Å². The molecular weight excluding hydrogens is 344 g/mol. The van der Waals surface area contributed by atoms with E-state index in [1.807, 2.05) is 0 Å². The molecule has 0 aliphatic rings. The van der Waals surface area contributed by atoms with Gasteiger partial charge in [-0.25, -0.2) is 4.98 Å². The van der Waals surface area contributed by atoms with E-state index in [0.29, 0.717) is 0 Å². The van der Waals surface area contributed by atoms with Crippen molar-refractivity contribution in [2.45, 2.75) is 13.3 Å². The summed E-state index contributed by atoms with van der Waals surface area (Å²) in [5.41, 5.74) is 4.78. The molecule has 4 heteroatoms. The Balaban J connectivity index is 1.86. The van der Waals surface area contributed by atoms with Gasteiger partial charge < -0.3 is 0 Å². The first-order valence-corrected chi connectivity index (χ1v) is 8.52. The van der Waals surface area contributed by atoms with Crippen molar-refractivity contribution in [1.29, 1.82) is 0 Å². The van der Waals surface area contributed by atoms with Gasteiger partial charge in [0.1, 0.15) is 0 Å². The van der Waals surface area contributed by atoms with Gasteiger partial charge in [0, 0.05) is 16.2 Å². The summed E-state index contributed by atoms with van der Waals surface area (Å²) in [6, 6.07) is 15.0. The van der Waals surface area contributed by atoms with E-state index >= 15 is 0 Å². The van der Waals surface area contributed by atoms with E-state index < -0.39 is 0 Å². The van der Waals surface area contributed by atoms with Crippen molar-refractivity contribution in [1.82, 2.24) is 9.38 Å². The normalized spacial score (nSPS) is 11.5. The molecule has 0 saturated carbocycles. The summed E-state index contributed by atoms with van der Waals surface area (Å²) in [5.74, 6) is 0. The summed E-state index contributed by atoms with van der Waals surface area (Å²) >= 11 is 5.24. The van der Waals surface area contributed by atoms with Gasteiger partial charge >= 0.3 is 0 Å². The topological polar surface area (TPSA) is 17.3 Å². The fraction of sp³-hybridized carbons (Fsp3) is 0.118. The number of aryl methyl sites for hydroxylation is 1. The van der Waals surface area contributed by atoms with Gasteiger partial charge in [-0.1, -0.05) is 58.5 Å². The van der Waals surface area contributed by atoms with Crippen molar-refractivity contribution < 1.29 is 0 Å². The molecule has 0 radical (unpaired) electrons. The van der Waals surface area contributed by atoms with Crippen LogP contribution in [-0.4, -0.2) is 9.38 Å². The number of hydrogen-bond acceptors (Lipinski definition) is 2. The van der Waals surface area contributed by atoms with E-state index in [4.69, 9.17) is 4.98 Å². The highest BCUT2D eigenvalue weighted by Gasteiger charge is 2.10. The second-order valence-electron chi connectivity index (χ2n) is 5.04. The zero-order valence-corrected chi connectivity index (χ0v) is 13.9. The molecule has 21 heavy (non-hydrogen) atoms. The predicted molar refractivity (Wildman–Crippen MR) is 93.1 cm³/mol. The molecule has 0 aliphatic heterocycles. The molecule has 0 N–H and O–H groups in total. The highest BCUT2D eigenvalue weighted by atomic mass is 79.9. The zero-order chi connectivity index (χ0) is 14.4. The predicted octanol–water partition coefficient (Wildman–Crippen LogP) is 5.54. The number of fused-ring (bicyclic) bond motifs is 3. The van der Waals surface area contributed by atoms with E-state index in [2.05, 4.69) is 75.9 Å². The molecule has 0 aliphatic carbocycles. The third-order valence-electron chi connectivity index (χ3n) is 3.71. The molecule has 0 saturated heterocycles. The molecule has 104 valence electrons. The molecule has 4 rings (SSSR count). The number of halogens is 1. The molecule has 0 fully saturated rings. The van der Waals surface area contributed by atoms with Crippen LogP contribution in [0.3, 0.4) is 0 Å². The first kappa shape index (κ1) is 13.0. The van der Waals surface area contributed by atoms with Crippen LogP contribution in [0.15, 0.2) is 53.1 Å². The van der Waals surface area contributed by atoms with Gasteiger partial charge in [-0.05, 0) is 30.2 Å². The maximum absolute atomic E-state index is 4.77. The van der Waals surface area contributed by atoms with Crippen LogP contribution in [0.1, 0.15) is 12.5 Å². The number of benzene rings is 2. The minimum atomic E-state index is 1.04. The number of aromatic nitrogens is 2. The molecule has 0 spiro atoms. The molecule has 2 aromatic heterocycles. The molecule has 0 amide bonds. The Morgan fingerprint density at radius 1 is 1.14 bits per heavy atom. The maximum atomic E-state index is 4.77. The largest absolute Gasteiger partial charge is 0.290 e. The van der Waals surface area contributed by atoms with Gasteiger partial charge in [0.05, 0.1) is 15.9 Å².